The minimum atomic E-state index is -4.02. The highest BCUT2D eigenvalue weighted by atomic mass is 35.5. The van der Waals surface area contributed by atoms with Crippen molar-refractivity contribution in [3.05, 3.63) is 29.0 Å². The van der Waals surface area contributed by atoms with E-state index in [0.717, 1.165) is 19.2 Å². The molecule has 9 heteroatoms. The maximum absolute atomic E-state index is 12.8. The Kier molecular flexibility index (Phi) is 6.61. The van der Waals surface area contributed by atoms with Gasteiger partial charge in [0.05, 0.1) is 5.02 Å². The van der Waals surface area contributed by atoms with Crippen molar-refractivity contribution in [2.45, 2.75) is 19.2 Å². The molecule has 2 unspecified atom stereocenters. The molecule has 0 aromatic heterocycles. The van der Waals surface area contributed by atoms with Crippen LogP contribution in [0.4, 0.5) is 4.39 Å². The van der Waals surface area contributed by atoms with Crippen molar-refractivity contribution >= 4 is 25.2 Å². The first-order valence-corrected chi connectivity index (χ1v) is 7.98. The molecule has 0 aliphatic carbocycles. The van der Waals surface area contributed by atoms with Crippen LogP contribution >= 0.6 is 19.2 Å². The van der Waals surface area contributed by atoms with Crippen molar-refractivity contribution in [1.29, 1.82) is 0 Å². The van der Waals surface area contributed by atoms with Crippen molar-refractivity contribution in [3.63, 3.8) is 0 Å². The van der Waals surface area contributed by atoms with Crippen LogP contribution in [0.15, 0.2) is 18.2 Å². The van der Waals surface area contributed by atoms with Crippen LogP contribution in [0.5, 0.6) is 5.75 Å². The summed E-state index contributed by atoms with van der Waals surface area (Å²) in [5.41, 5.74) is 0. The number of ether oxygens (including phenoxy) is 2. The molecule has 0 bridgehead atoms. The minimum Gasteiger partial charge on any atom is -0.480 e. The summed E-state index contributed by atoms with van der Waals surface area (Å²) in [6.45, 7) is 1.03. The van der Waals surface area contributed by atoms with Gasteiger partial charge in [-0.2, -0.15) is 0 Å². The number of rotatable bonds is 7. The summed E-state index contributed by atoms with van der Waals surface area (Å²) < 4.78 is 38.7. The molecule has 21 heavy (non-hydrogen) atoms. The maximum Gasteiger partial charge on any atom is 0.368 e. The molecule has 1 N–H and O–H groups in total. The molecule has 0 saturated heterocycles. The first-order valence-electron chi connectivity index (χ1n) is 5.95. The second-order valence-corrected chi connectivity index (χ2v) is 6.44. The summed E-state index contributed by atoms with van der Waals surface area (Å²) in [6, 6.07) is 3.41. The van der Waals surface area contributed by atoms with E-state index in [2.05, 4.69) is 4.52 Å². The predicted molar refractivity (Wildman–Crippen MR) is 73.9 cm³/mol. The van der Waals surface area contributed by atoms with E-state index in [1.54, 1.807) is 6.92 Å². The van der Waals surface area contributed by atoms with Crippen molar-refractivity contribution in [3.8, 4) is 5.75 Å². The van der Waals surface area contributed by atoms with E-state index in [0.29, 0.717) is 0 Å². The highest BCUT2D eigenvalue weighted by Crippen LogP contribution is 2.48. The molecule has 1 aromatic carbocycles. The summed E-state index contributed by atoms with van der Waals surface area (Å²) in [4.78, 5) is 21.0. The normalized spacial score (nSPS) is 15.1. The van der Waals surface area contributed by atoms with Crippen LogP contribution in [0, 0.1) is 5.82 Å². The maximum atomic E-state index is 12.8. The van der Waals surface area contributed by atoms with Gasteiger partial charge in [0.25, 0.3) is 0 Å². The Morgan fingerprint density at radius 1 is 1.52 bits per heavy atom. The van der Waals surface area contributed by atoms with Crippen molar-refractivity contribution < 1.29 is 32.6 Å². The fourth-order valence-corrected chi connectivity index (χ4v) is 2.58. The molecular weight excluding hydrogens is 326 g/mol. The first-order chi connectivity index (χ1) is 9.80. The molecule has 0 spiro atoms. The van der Waals surface area contributed by atoms with Gasteiger partial charge in [-0.25, -0.2) is 9.18 Å². The van der Waals surface area contributed by atoms with Crippen LogP contribution in [0.1, 0.15) is 13.3 Å². The second-order valence-electron chi connectivity index (χ2n) is 3.96. The lowest BCUT2D eigenvalue weighted by Gasteiger charge is -2.20. The summed E-state index contributed by atoms with van der Waals surface area (Å²) in [7, 11) is -2.98. The predicted octanol–water partition coefficient (Wildman–Crippen LogP) is 2.97. The van der Waals surface area contributed by atoms with E-state index in [1.165, 1.54) is 6.07 Å². The van der Waals surface area contributed by atoms with Crippen molar-refractivity contribution in [2.75, 3.05) is 13.7 Å². The van der Waals surface area contributed by atoms with Crippen LogP contribution in [0.3, 0.4) is 0 Å². The lowest BCUT2D eigenvalue weighted by atomic mass is 10.3. The third-order valence-electron chi connectivity index (χ3n) is 2.48. The van der Waals surface area contributed by atoms with Crippen molar-refractivity contribution in [2.24, 2.45) is 0 Å². The number of esters is 1. The molecule has 0 aliphatic rings. The number of halogens is 2. The SMILES string of the molecule is CCC(OC(=O)COc1ccc(F)cc1Cl)P(=O)(O)OC. The van der Waals surface area contributed by atoms with Gasteiger partial charge in [0.2, 0.25) is 5.85 Å². The monoisotopic (exact) mass is 340 g/mol. The molecule has 118 valence electrons. The molecule has 0 radical (unpaired) electrons. The largest absolute Gasteiger partial charge is 0.480 e. The standard InChI is InChI=1S/C12H15ClFO6P/c1-3-12(21(16,17)18-2)20-11(15)7-19-10-5-4-8(14)6-9(10)13/h4-6,12H,3,7H2,1-2H3,(H,16,17). The lowest BCUT2D eigenvalue weighted by molar-refractivity contribution is -0.148. The number of hydrogen-bond acceptors (Lipinski definition) is 5. The Labute approximate surface area is 126 Å². The fourth-order valence-electron chi connectivity index (χ4n) is 1.41. The van der Waals surface area contributed by atoms with Gasteiger partial charge in [-0.3, -0.25) is 4.57 Å². The Morgan fingerprint density at radius 3 is 2.71 bits per heavy atom. The van der Waals surface area contributed by atoms with Gasteiger partial charge in [-0.1, -0.05) is 18.5 Å². The zero-order valence-electron chi connectivity index (χ0n) is 11.4. The topological polar surface area (TPSA) is 82.1 Å². The van der Waals surface area contributed by atoms with E-state index in [1.807, 2.05) is 0 Å². The quantitative estimate of drug-likeness (QED) is 0.607. The third kappa shape index (κ3) is 5.28. The Bertz CT molecular complexity index is 553. The smallest absolute Gasteiger partial charge is 0.368 e. The highest BCUT2D eigenvalue weighted by Gasteiger charge is 2.33. The Balaban J connectivity index is 2.59. The molecule has 0 aliphatic heterocycles. The van der Waals surface area contributed by atoms with E-state index in [9.17, 15) is 18.6 Å². The van der Waals surface area contributed by atoms with Gasteiger partial charge in [-0.15, -0.1) is 0 Å². The van der Waals surface area contributed by atoms with Gasteiger partial charge < -0.3 is 18.9 Å². The van der Waals surface area contributed by atoms with E-state index in [-0.39, 0.29) is 17.2 Å². The summed E-state index contributed by atoms with van der Waals surface area (Å²) in [5, 5.41) is -0.000405. The molecule has 0 saturated carbocycles. The average Bonchev–Trinajstić information content (AvgIpc) is 2.43. The zero-order valence-corrected chi connectivity index (χ0v) is 13.1. The summed E-state index contributed by atoms with van der Waals surface area (Å²) >= 11 is 5.72. The Hall–Kier alpha value is -1.14. The van der Waals surface area contributed by atoms with Gasteiger partial charge in [0.1, 0.15) is 11.6 Å². The minimum absolute atomic E-state index is 0.000405. The van der Waals surface area contributed by atoms with E-state index in [4.69, 9.17) is 21.1 Å². The van der Waals surface area contributed by atoms with Crippen LogP contribution in [-0.2, 0) is 18.6 Å². The molecule has 2 atom stereocenters. The van der Waals surface area contributed by atoms with Crippen LogP contribution in [0.2, 0.25) is 5.02 Å². The lowest BCUT2D eigenvalue weighted by Crippen LogP contribution is -2.23. The molecular formula is C12H15ClFO6P. The van der Waals surface area contributed by atoms with Crippen LogP contribution < -0.4 is 4.74 Å². The van der Waals surface area contributed by atoms with E-state index >= 15 is 0 Å². The Morgan fingerprint density at radius 2 is 2.19 bits per heavy atom. The number of benzene rings is 1. The molecule has 0 fully saturated rings. The summed E-state index contributed by atoms with van der Waals surface area (Å²) in [6.07, 6.45) is 0.102. The molecule has 0 amide bonds. The number of carbonyl (C=O) groups is 1. The van der Waals surface area contributed by atoms with Crippen molar-refractivity contribution in [1.82, 2.24) is 0 Å². The van der Waals surface area contributed by atoms with Crippen LogP contribution in [0.25, 0.3) is 0 Å². The zero-order chi connectivity index (χ0) is 16.0. The molecule has 1 aromatic rings. The van der Waals surface area contributed by atoms with Gasteiger partial charge in [0, 0.05) is 7.11 Å². The number of hydrogen-bond donors (Lipinski definition) is 1. The average molecular weight is 341 g/mol. The molecule has 1 rings (SSSR count). The molecule has 6 nitrogen and oxygen atoms in total. The van der Waals surface area contributed by atoms with E-state index < -0.39 is 31.8 Å². The summed E-state index contributed by atoms with van der Waals surface area (Å²) in [5.74, 6) is -2.58. The van der Waals surface area contributed by atoms with Gasteiger partial charge >= 0.3 is 13.6 Å². The first kappa shape index (κ1) is 17.9. The van der Waals surface area contributed by atoms with Gasteiger partial charge in [-0.05, 0) is 24.6 Å². The fraction of sp³-hybridized carbons (Fsp3) is 0.417. The third-order valence-corrected chi connectivity index (χ3v) is 4.50. The van der Waals surface area contributed by atoms with Crippen LogP contribution in [-0.4, -0.2) is 30.4 Å². The van der Waals surface area contributed by atoms with Gasteiger partial charge in [0.15, 0.2) is 6.61 Å². The second kappa shape index (κ2) is 7.75. The molecule has 0 heterocycles. The highest BCUT2D eigenvalue weighted by molar-refractivity contribution is 7.53. The number of carbonyl (C=O) groups excluding carboxylic acids is 1.